The molecule has 1 aliphatic rings. The van der Waals surface area contributed by atoms with Gasteiger partial charge in [-0.15, -0.1) is 0 Å². The Labute approximate surface area is 121 Å². The minimum Gasteiger partial charge on any atom is -0.493 e. The van der Waals surface area contributed by atoms with Crippen LogP contribution in [0, 0.1) is 0 Å². The third-order valence-electron chi connectivity index (χ3n) is 4.20. The molecule has 0 fully saturated rings. The molecule has 1 aliphatic heterocycles. The van der Waals surface area contributed by atoms with E-state index in [1.807, 2.05) is 7.05 Å². The van der Waals surface area contributed by atoms with E-state index in [0.29, 0.717) is 0 Å². The van der Waals surface area contributed by atoms with Gasteiger partial charge in [-0.1, -0.05) is 6.92 Å². The molecular weight excluding hydrogens is 254 g/mol. The van der Waals surface area contributed by atoms with Gasteiger partial charge in [0.25, 0.3) is 0 Å². The number of hydrogen-bond donors (Lipinski definition) is 1. The van der Waals surface area contributed by atoms with Crippen molar-refractivity contribution in [3.05, 3.63) is 23.3 Å². The van der Waals surface area contributed by atoms with Crippen LogP contribution in [0.25, 0.3) is 0 Å². The molecule has 1 unspecified atom stereocenters. The molecule has 0 saturated carbocycles. The topological polar surface area (TPSA) is 39.7 Å². The van der Waals surface area contributed by atoms with Gasteiger partial charge in [0.15, 0.2) is 11.5 Å². The fourth-order valence-corrected chi connectivity index (χ4v) is 2.99. The number of fused-ring (bicyclic) bond motifs is 1. The summed E-state index contributed by atoms with van der Waals surface area (Å²) in [4.78, 5) is 0. The number of hydrogen-bond acceptors (Lipinski definition) is 4. The third kappa shape index (κ3) is 2.63. The molecule has 1 aromatic carbocycles. The van der Waals surface area contributed by atoms with Gasteiger partial charge in [-0.3, -0.25) is 0 Å². The van der Waals surface area contributed by atoms with Crippen LogP contribution < -0.4 is 14.8 Å². The molecule has 0 saturated heterocycles. The summed E-state index contributed by atoms with van der Waals surface area (Å²) in [6, 6.07) is 4.19. The molecule has 0 radical (unpaired) electrons. The lowest BCUT2D eigenvalue weighted by Crippen LogP contribution is -2.37. The predicted octanol–water partition coefficient (Wildman–Crippen LogP) is 2.49. The fourth-order valence-electron chi connectivity index (χ4n) is 2.99. The molecule has 112 valence electrons. The van der Waals surface area contributed by atoms with Gasteiger partial charge in [0.05, 0.1) is 26.4 Å². The molecule has 4 heteroatoms. The maximum absolute atomic E-state index is 6.18. The Kier molecular flexibility index (Phi) is 4.89. The number of ether oxygens (including phenoxy) is 3. The monoisotopic (exact) mass is 279 g/mol. The van der Waals surface area contributed by atoms with Crippen molar-refractivity contribution in [1.82, 2.24) is 5.32 Å². The van der Waals surface area contributed by atoms with Crippen LogP contribution in [0.5, 0.6) is 11.5 Å². The van der Waals surface area contributed by atoms with Crippen LogP contribution >= 0.6 is 0 Å². The van der Waals surface area contributed by atoms with Crippen molar-refractivity contribution in [3.8, 4) is 11.5 Å². The lowest BCUT2D eigenvalue weighted by Gasteiger charge is -2.39. The Morgan fingerprint density at radius 1 is 1.25 bits per heavy atom. The quantitative estimate of drug-likeness (QED) is 0.868. The van der Waals surface area contributed by atoms with E-state index in [4.69, 9.17) is 14.2 Å². The van der Waals surface area contributed by atoms with E-state index in [9.17, 15) is 0 Å². The van der Waals surface area contributed by atoms with E-state index in [-0.39, 0.29) is 5.60 Å². The summed E-state index contributed by atoms with van der Waals surface area (Å²) in [5.41, 5.74) is 2.35. The van der Waals surface area contributed by atoms with Gasteiger partial charge in [-0.2, -0.15) is 0 Å². The Hall–Kier alpha value is -1.26. The molecule has 0 spiro atoms. The lowest BCUT2D eigenvalue weighted by atomic mass is 9.81. The van der Waals surface area contributed by atoms with Gasteiger partial charge >= 0.3 is 0 Å². The molecular formula is C16H25NO3. The zero-order valence-electron chi connectivity index (χ0n) is 12.9. The highest BCUT2D eigenvalue weighted by Gasteiger charge is 2.36. The molecule has 0 amide bonds. The lowest BCUT2D eigenvalue weighted by molar-refractivity contribution is -0.0689. The number of nitrogens with one attached hydrogen (secondary N) is 1. The van der Waals surface area contributed by atoms with Gasteiger partial charge < -0.3 is 19.5 Å². The molecule has 4 nitrogen and oxygen atoms in total. The second-order valence-electron chi connectivity index (χ2n) is 5.16. The first kappa shape index (κ1) is 15.1. The summed E-state index contributed by atoms with van der Waals surface area (Å²) in [6.45, 7) is 3.88. The van der Waals surface area contributed by atoms with Crippen LogP contribution in [0.2, 0.25) is 0 Å². The minimum atomic E-state index is -0.212. The second kappa shape index (κ2) is 6.46. The predicted molar refractivity (Wildman–Crippen MR) is 79.7 cm³/mol. The van der Waals surface area contributed by atoms with Crippen molar-refractivity contribution in [2.75, 3.05) is 34.4 Å². The van der Waals surface area contributed by atoms with Crippen molar-refractivity contribution < 1.29 is 14.2 Å². The standard InChI is InChI=1S/C16H25NO3/c1-5-16(7-8-17-2)13-11-15(19-4)14(18-3)10-12(13)6-9-20-16/h10-11,17H,5-9H2,1-4H3. The van der Waals surface area contributed by atoms with Crippen LogP contribution in [-0.4, -0.2) is 34.4 Å². The summed E-state index contributed by atoms with van der Waals surface area (Å²) in [5, 5.41) is 3.22. The van der Waals surface area contributed by atoms with Gasteiger partial charge in [0, 0.05) is 0 Å². The van der Waals surface area contributed by atoms with Crippen molar-refractivity contribution >= 4 is 0 Å². The van der Waals surface area contributed by atoms with E-state index < -0.39 is 0 Å². The molecule has 0 aromatic heterocycles. The minimum absolute atomic E-state index is 0.212. The Morgan fingerprint density at radius 2 is 1.95 bits per heavy atom. The fraction of sp³-hybridized carbons (Fsp3) is 0.625. The Bertz CT molecular complexity index is 461. The normalized spacial score (nSPS) is 21.4. The number of methoxy groups -OCH3 is 2. The third-order valence-corrected chi connectivity index (χ3v) is 4.20. The zero-order chi connectivity index (χ0) is 14.6. The molecule has 2 rings (SSSR count). The average molecular weight is 279 g/mol. The molecule has 1 N–H and O–H groups in total. The maximum Gasteiger partial charge on any atom is 0.161 e. The first-order chi connectivity index (χ1) is 9.70. The molecule has 1 aromatic rings. The summed E-state index contributed by atoms with van der Waals surface area (Å²) < 4.78 is 17.0. The van der Waals surface area contributed by atoms with E-state index in [1.165, 1.54) is 11.1 Å². The SMILES string of the molecule is CCC1(CCNC)OCCc2cc(OC)c(OC)cc21. The van der Waals surface area contributed by atoms with E-state index in [1.54, 1.807) is 14.2 Å². The largest absolute Gasteiger partial charge is 0.493 e. The number of rotatable bonds is 6. The summed E-state index contributed by atoms with van der Waals surface area (Å²) in [5.74, 6) is 1.57. The van der Waals surface area contributed by atoms with Crippen molar-refractivity contribution in [2.45, 2.75) is 31.8 Å². The van der Waals surface area contributed by atoms with Crippen LogP contribution in [0.1, 0.15) is 30.9 Å². The van der Waals surface area contributed by atoms with E-state index in [2.05, 4.69) is 24.4 Å². The molecule has 0 bridgehead atoms. The first-order valence-corrected chi connectivity index (χ1v) is 7.24. The highest BCUT2D eigenvalue weighted by atomic mass is 16.5. The van der Waals surface area contributed by atoms with Crippen LogP contribution in [-0.2, 0) is 16.8 Å². The van der Waals surface area contributed by atoms with Gasteiger partial charge in [-0.05, 0) is 56.1 Å². The second-order valence-corrected chi connectivity index (χ2v) is 5.16. The molecule has 0 aliphatic carbocycles. The smallest absolute Gasteiger partial charge is 0.161 e. The van der Waals surface area contributed by atoms with Gasteiger partial charge in [0.1, 0.15) is 0 Å². The highest BCUT2D eigenvalue weighted by molar-refractivity contribution is 5.50. The zero-order valence-corrected chi connectivity index (χ0v) is 12.9. The maximum atomic E-state index is 6.18. The molecule has 1 atom stereocenters. The number of benzene rings is 1. The highest BCUT2D eigenvalue weighted by Crippen LogP contribution is 2.43. The molecule has 1 heterocycles. The van der Waals surface area contributed by atoms with E-state index >= 15 is 0 Å². The van der Waals surface area contributed by atoms with Crippen LogP contribution in [0.4, 0.5) is 0 Å². The Balaban J connectivity index is 2.47. The summed E-state index contributed by atoms with van der Waals surface area (Å²) in [7, 11) is 5.33. The van der Waals surface area contributed by atoms with E-state index in [0.717, 1.165) is 43.9 Å². The summed E-state index contributed by atoms with van der Waals surface area (Å²) in [6.07, 6.45) is 2.84. The summed E-state index contributed by atoms with van der Waals surface area (Å²) >= 11 is 0. The van der Waals surface area contributed by atoms with Gasteiger partial charge in [0.2, 0.25) is 0 Å². The van der Waals surface area contributed by atoms with Crippen LogP contribution in [0.3, 0.4) is 0 Å². The Morgan fingerprint density at radius 3 is 2.55 bits per heavy atom. The first-order valence-electron chi connectivity index (χ1n) is 7.24. The molecule has 20 heavy (non-hydrogen) atoms. The van der Waals surface area contributed by atoms with Gasteiger partial charge in [-0.25, -0.2) is 0 Å². The van der Waals surface area contributed by atoms with Crippen molar-refractivity contribution in [3.63, 3.8) is 0 Å². The van der Waals surface area contributed by atoms with Crippen LogP contribution in [0.15, 0.2) is 12.1 Å². The van der Waals surface area contributed by atoms with Crippen molar-refractivity contribution in [2.24, 2.45) is 0 Å². The average Bonchev–Trinajstić information content (AvgIpc) is 2.51. The van der Waals surface area contributed by atoms with Crippen molar-refractivity contribution in [1.29, 1.82) is 0 Å².